The van der Waals surface area contributed by atoms with Crippen LogP contribution in [0.2, 0.25) is 0 Å². The minimum atomic E-state index is -3.49. The van der Waals surface area contributed by atoms with Crippen LogP contribution in [-0.2, 0) is 14.8 Å². The number of anilines is 1. The predicted octanol–water partition coefficient (Wildman–Crippen LogP) is 1.69. The Morgan fingerprint density at radius 3 is 2.32 bits per heavy atom. The molecule has 0 radical (unpaired) electrons. The molecule has 0 fully saturated rings. The zero-order valence-electron chi connectivity index (χ0n) is 13.3. The van der Waals surface area contributed by atoms with Gasteiger partial charge in [-0.3, -0.25) is 4.79 Å². The Hall–Kier alpha value is -1.44. The third-order valence-electron chi connectivity index (χ3n) is 3.04. The number of rotatable bonds is 8. The van der Waals surface area contributed by atoms with Crippen LogP contribution in [0.15, 0.2) is 29.2 Å². The van der Waals surface area contributed by atoms with Crippen LogP contribution in [0.3, 0.4) is 0 Å². The molecule has 4 N–H and O–H groups in total. The summed E-state index contributed by atoms with van der Waals surface area (Å²) in [6.45, 7) is 6.28. The Kier molecular flexibility index (Phi) is 6.99. The number of hydrogen-bond acceptors (Lipinski definition) is 4. The van der Waals surface area contributed by atoms with Gasteiger partial charge in [0.15, 0.2) is 0 Å². The zero-order valence-corrected chi connectivity index (χ0v) is 14.1. The lowest BCUT2D eigenvalue weighted by molar-refractivity contribution is -0.117. The fourth-order valence-electron chi connectivity index (χ4n) is 1.89. The smallest absolute Gasteiger partial charge is 0.241 e. The fraction of sp³-hybridized carbons (Fsp3) is 0.533. The number of sulfonamides is 1. The maximum absolute atomic E-state index is 11.9. The van der Waals surface area contributed by atoms with E-state index in [1.807, 2.05) is 20.8 Å². The minimum absolute atomic E-state index is 0.172. The van der Waals surface area contributed by atoms with Crippen molar-refractivity contribution >= 4 is 21.6 Å². The summed E-state index contributed by atoms with van der Waals surface area (Å²) < 4.78 is 26.4. The second-order valence-corrected chi connectivity index (χ2v) is 7.41. The normalized spacial score (nSPS) is 13.1. The summed E-state index contributed by atoms with van der Waals surface area (Å²) in [5.74, 6) is 0.0614. The van der Waals surface area contributed by atoms with Gasteiger partial charge < -0.3 is 11.1 Å². The molecule has 6 nitrogen and oxygen atoms in total. The van der Waals surface area contributed by atoms with E-state index in [4.69, 9.17) is 5.73 Å². The van der Waals surface area contributed by atoms with E-state index in [-0.39, 0.29) is 10.8 Å². The SMILES string of the molecule is CCCNS(=O)(=O)c1ccc(NC(=O)[C@@H](N)CC(C)C)cc1. The van der Waals surface area contributed by atoms with E-state index in [0.29, 0.717) is 24.6 Å². The van der Waals surface area contributed by atoms with Crippen LogP contribution in [0.4, 0.5) is 5.69 Å². The third kappa shape index (κ3) is 5.75. The molecule has 0 aromatic heterocycles. The van der Waals surface area contributed by atoms with Crippen LogP contribution in [0.5, 0.6) is 0 Å². The molecule has 0 saturated carbocycles. The summed E-state index contributed by atoms with van der Waals surface area (Å²) in [6.07, 6.45) is 1.32. The molecule has 1 aromatic rings. The molecule has 0 aliphatic carbocycles. The van der Waals surface area contributed by atoms with E-state index >= 15 is 0 Å². The molecule has 1 amide bonds. The summed E-state index contributed by atoms with van der Waals surface area (Å²) in [7, 11) is -3.49. The van der Waals surface area contributed by atoms with Crippen molar-refractivity contribution in [1.82, 2.24) is 4.72 Å². The van der Waals surface area contributed by atoms with E-state index in [9.17, 15) is 13.2 Å². The molecule has 0 saturated heterocycles. The third-order valence-corrected chi connectivity index (χ3v) is 4.51. The van der Waals surface area contributed by atoms with Crippen molar-refractivity contribution in [3.8, 4) is 0 Å². The number of benzene rings is 1. The quantitative estimate of drug-likeness (QED) is 0.676. The topological polar surface area (TPSA) is 101 Å². The first kappa shape index (κ1) is 18.6. The van der Waals surface area contributed by atoms with Crippen molar-refractivity contribution in [3.63, 3.8) is 0 Å². The Bertz CT molecular complexity index is 583. The maximum Gasteiger partial charge on any atom is 0.241 e. The lowest BCUT2D eigenvalue weighted by Gasteiger charge is -2.14. The predicted molar refractivity (Wildman–Crippen MR) is 88.0 cm³/mol. The molecule has 0 bridgehead atoms. The summed E-state index contributed by atoms with van der Waals surface area (Å²) in [6, 6.07) is 5.46. The van der Waals surface area contributed by atoms with E-state index in [2.05, 4.69) is 10.0 Å². The van der Waals surface area contributed by atoms with E-state index in [0.717, 1.165) is 6.42 Å². The molecule has 0 aliphatic rings. The van der Waals surface area contributed by atoms with Gasteiger partial charge in [0, 0.05) is 12.2 Å². The number of nitrogens with one attached hydrogen (secondary N) is 2. The fourth-order valence-corrected chi connectivity index (χ4v) is 3.02. The van der Waals surface area contributed by atoms with Crippen molar-refractivity contribution in [1.29, 1.82) is 0 Å². The van der Waals surface area contributed by atoms with Gasteiger partial charge in [0.2, 0.25) is 15.9 Å². The van der Waals surface area contributed by atoms with Gasteiger partial charge >= 0.3 is 0 Å². The number of hydrogen-bond donors (Lipinski definition) is 3. The molecule has 0 spiro atoms. The molecule has 0 heterocycles. The van der Waals surface area contributed by atoms with Gasteiger partial charge in [-0.25, -0.2) is 13.1 Å². The van der Waals surface area contributed by atoms with E-state index in [1.165, 1.54) is 12.1 Å². The van der Waals surface area contributed by atoms with Gasteiger partial charge in [-0.2, -0.15) is 0 Å². The monoisotopic (exact) mass is 327 g/mol. The Balaban J connectivity index is 2.71. The highest BCUT2D eigenvalue weighted by molar-refractivity contribution is 7.89. The average molecular weight is 327 g/mol. The van der Waals surface area contributed by atoms with Crippen molar-refractivity contribution in [2.24, 2.45) is 11.7 Å². The Morgan fingerprint density at radius 2 is 1.82 bits per heavy atom. The molecule has 22 heavy (non-hydrogen) atoms. The van der Waals surface area contributed by atoms with Gasteiger partial charge in [0.25, 0.3) is 0 Å². The Labute approximate surface area is 132 Å². The highest BCUT2D eigenvalue weighted by atomic mass is 32.2. The molecular formula is C15H25N3O3S. The molecule has 0 unspecified atom stereocenters. The zero-order chi connectivity index (χ0) is 16.8. The lowest BCUT2D eigenvalue weighted by atomic mass is 10.0. The molecule has 124 valence electrons. The standard InChI is InChI=1S/C15H25N3O3S/c1-4-9-17-22(20,21)13-7-5-12(6-8-13)18-15(19)14(16)10-11(2)3/h5-8,11,14,17H,4,9-10,16H2,1-3H3,(H,18,19)/t14-/m0/s1. The van der Waals surface area contributed by atoms with E-state index in [1.54, 1.807) is 12.1 Å². The average Bonchev–Trinajstić information content (AvgIpc) is 2.45. The molecule has 1 rings (SSSR count). The Morgan fingerprint density at radius 1 is 1.23 bits per heavy atom. The van der Waals surface area contributed by atoms with Gasteiger partial charge in [-0.1, -0.05) is 20.8 Å². The second kappa shape index (κ2) is 8.26. The number of carbonyl (C=O) groups is 1. The molecule has 0 aliphatic heterocycles. The number of nitrogens with two attached hydrogens (primary N) is 1. The van der Waals surface area contributed by atoms with Crippen LogP contribution >= 0.6 is 0 Å². The molecule has 1 aromatic carbocycles. The van der Waals surface area contributed by atoms with E-state index < -0.39 is 16.1 Å². The molecular weight excluding hydrogens is 302 g/mol. The van der Waals surface area contributed by atoms with Gasteiger partial charge in [-0.15, -0.1) is 0 Å². The molecule has 7 heteroatoms. The molecule has 1 atom stereocenters. The maximum atomic E-state index is 11.9. The van der Waals surface area contributed by atoms with Crippen molar-refractivity contribution in [3.05, 3.63) is 24.3 Å². The van der Waals surface area contributed by atoms with Crippen LogP contribution in [-0.4, -0.2) is 26.9 Å². The summed E-state index contributed by atoms with van der Waals surface area (Å²) in [5, 5.41) is 2.69. The van der Waals surface area contributed by atoms with Gasteiger partial charge in [0.05, 0.1) is 10.9 Å². The number of carbonyl (C=O) groups excluding carboxylic acids is 1. The largest absolute Gasteiger partial charge is 0.325 e. The minimum Gasteiger partial charge on any atom is -0.325 e. The highest BCUT2D eigenvalue weighted by Gasteiger charge is 2.16. The second-order valence-electron chi connectivity index (χ2n) is 5.65. The van der Waals surface area contributed by atoms with Crippen molar-refractivity contribution < 1.29 is 13.2 Å². The summed E-state index contributed by atoms with van der Waals surface area (Å²) in [4.78, 5) is 12.1. The first-order valence-electron chi connectivity index (χ1n) is 7.42. The van der Waals surface area contributed by atoms with Crippen molar-refractivity contribution in [2.75, 3.05) is 11.9 Å². The summed E-state index contributed by atoms with van der Waals surface area (Å²) >= 11 is 0. The van der Waals surface area contributed by atoms with Crippen LogP contribution in [0.25, 0.3) is 0 Å². The van der Waals surface area contributed by atoms with Gasteiger partial charge in [-0.05, 0) is 43.0 Å². The highest BCUT2D eigenvalue weighted by Crippen LogP contribution is 2.14. The first-order chi connectivity index (χ1) is 10.3. The number of amides is 1. The van der Waals surface area contributed by atoms with Crippen LogP contribution in [0, 0.1) is 5.92 Å². The first-order valence-corrected chi connectivity index (χ1v) is 8.90. The van der Waals surface area contributed by atoms with Crippen molar-refractivity contribution in [2.45, 2.75) is 44.6 Å². The van der Waals surface area contributed by atoms with Gasteiger partial charge in [0.1, 0.15) is 0 Å². The summed E-state index contributed by atoms with van der Waals surface area (Å²) in [5.41, 5.74) is 6.33. The van der Waals surface area contributed by atoms with Crippen LogP contribution < -0.4 is 15.8 Å². The lowest BCUT2D eigenvalue weighted by Crippen LogP contribution is -2.36. The van der Waals surface area contributed by atoms with Crippen LogP contribution in [0.1, 0.15) is 33.6 Å².